The minimum atomic E-state index is 0.432. The molecule has 1 N–H and O–H groups in total. The summed E-state index contributed by atoms with van der Waals surface area (Å²) in [7, 11) is 0. The van der Waals surface area contributed by atoms with E-state index in [4.69, 9.17) is 46.4 Å². The molecule has 1 heterocycles. The molecule has 1 aromatic heterocycles. The maximum atomic E-state index is 6.22. The van der Waals surface area contributed by atoms with Gasteiger partial charge in [0.05, 0.1) is 20.8 Å². The maximum absolute atomic E-state index is 6.22. The first-order valence-electron chi connectivity index (χ1n) is 6.08. The number of halogens is 4. The van der Waals surface area contributed by atoms with Crippen LogP contribution < -0.4 is 5.32 Å². The summed E-state index contributed by atoms with van der Waals surface area (Å²) in [5.74, 6) is 0.587. The first-order chi connectivity index (χ1) is 9.52. The van der Waals surface area contributed by atoms with Crippen LogP contribution in [-0.4, -0.2) is 11.5 Å². The van der Waals surface area contributed by atoms with Gasteiger partial charge in [-0.1, -0.05) is 53.3 Å². The van der Waals surface area contributed by atoms with Gasteiger partial charge in [0, 0.05) is 17.1 Å². The normalized spacial score (nSPS) is 10.7. The van der Waals surface area contributed by atoms with E-state index in [0.717, 1.165) is 13.0 Å². The fourth-order valence-corrected chi connectivity index (χ4v) is 2.61. The molecule has 0 aliphatic carbocycles. The van der Waals surface area contributed by atoms with Crippen molar-refractivity contribution in [1.82, 2.24) is 4.98 Å². The summed E-state index contributed by atoms with van der Waals surface area (Å²) in [5.41, 5.74) is 1.24. The first-order valence-corrected chi connectivity index (χ1v) is 7.59. The predicted octanol–water partition coefficient (Wildman–Crippen LogP) is 6.18. The van der Waals surface area contributed by atoms with Gasteiger partial charge < -0.3 is 5.32 Å². The molecule has 0 amide bonds. The van der Waals surface area contributed by atoms with E-state index in [2.05, 4.69) is 17.2 Å². The monoisotopic (exact) mass is 348 g/mol. The second-order valence-corrected chi connectivity index (χ2v) is 5.86. The zero-order valence-corrected chi connectivity index (χ0v) is 13.7. The molecular weight excluding hydrogens is 338 g/mol. The lowest BCUT2D eigenvalue weighted by Crippen LogP contribution is -2.03. The highest BCUT2D eigenvalue weighted by Gasteiger charge is 2.14. The molecule has 0 aliphatic heterocycles. The fraction of sp³-hybridized carbons (Fsp3) is 0.214. The van der Waals surface area contributed by atoms with Gasteiger partial charge in [0.15, 0.2) is 0 Å². The molecule has 0 atom stereocenters. The molecule has 2 rings (SSSR count). The lowest BCUT2D eigenvalue weighted by atomic mass is 10.1. The third-order valence-electron chi connectivity index (χ3n) is 2.66. The molecule has 0 aliphatic rings. The molecule has 0 spiro atoms. The lowest BCUT2D eigenvalue weighted by molar-refractivity contribution is 0.970. The molecule has 0 fully saturated rings. The van der Waals surface area contributed by atoms with E-state index in [1.54, 1.807) is 24.3 Å². The average Bonchev–Trinajstić information content (AvgIpc) is 2.41. The van der Waals surface area contributed by atoms with Crippen molar-refractivity contribution in [3.05, 3.63) is 44.4 Å². The van der Waals surface area contributed by atoms with E-state index in [0.29, 0.717) is 37.2 Å². The SMILES string of the molecule is CCCNc1nc(-c2cc(Cl)ccc2Cl)c(Cl)cc1Cl. The molecule has 1 aromatic carbocycles. The molecular formula is C14H12Cl4N2. The van der Waals surface area contributed by atoms with Crippen LogP contribution in [0.5, 0.6) is 0 Å². The summed E-state index contributed by atoms with van der Waals surface area (Å²) in [6, 6.07) is 6.81. The number of nitrogens with zero attached hydrogens (tertiary/aromatic N) is 1. The lowest BCUT2D eigenvalue weighted by Gasteiger charge is -2.12. The van der Waals surface area contributed by atoms with E-state index in [-0.39, 0.29) is 0 Å². The zero-order chi connectivity index (χ0) is 14.7. The highest BCUT2D eigenvalue weighted by Crippen LogP contribution is 2.37. The zero-order valence-electron chi connectivity index (χ0n) is 10.7. The average molecular weight is 350 g/mol. The van der Waals surface area contributed by atoms with Gasteiger partial charge in [0.1, 0.15) is 5.82 Å². The van der Waals surface area contributed by atoms with Gasteiger partial charge in [-0.3, -0.25) is 0 Å². The number of benzene rings is 1. The molecule has 0 radical (unpaired) electrons. The van der Waals surface area contributed by atoms with E-state index in [9.17, 15) is 0 Å². The quantitative estimate of drug-likeness (QED) is 0.712. The Bertz CT molecular complexity index is 629. The smallest absolute Gasteiger partial charge is 0.145 e. The number of anilines is 1. The van der Waals surface area contributed by atoms with Crippen LogP contribution in [0.15, 0.2) is 24.3 Å². The Morgan fingerprint density at radius 2 is 1.75 bits per heavy atom. The molecule has 20 heavy (non-hydrogen) atoms. The van der Waals surface area contributed by atoms with Crippen LogP contribution >= 0.6 is 46.4 Å². The number of hydrogen-bond donors (Lipinski definition) is 1. The Kier molecular flexibility index (Phi) is 5.39. The minimum Gasteiger partial charge on any atom is -0.369 e. The third-order valence-corrected chi connectivity index (χ3v) is 3.80. The Balaban J connectivity index is 2.52. The van der Waals surface area contributed by atoms with Gasteiger partial charge in [-0.05, 0) is 30.7 Å². The highest BCUT2D eigenvalue weighted by atomic mass is 35.5. The summed E-state index contributed by atoms with van der Waals surface area (Å²) in [6.07, 6.45) is 0.966. The second-order valence-electron chi connectivity index (χ2n) is 4.20. The standard InChI is InChI=1S/C14H12Cl4N2/c1-2-5-19-14-12(18)7-11(17)13(20-14)9-6-8(15)3-4-10(9)16/h3-4,6-7H,2,5H2,1H3,(H,19,20). The fourth-order valence-electron chi connectivity index (χ4n) is 1.70. The van der Waals surface area contributed by atoms with Crippen molar-refractivity contribution in [2.75, 3.05) is 11.9 Å². The van der Waals surface area contributed by atoms with Crippen LogP contribution in [0.1, 0.15) is 13.3 Å². The predicted molar refractivity (Wildman–Crippen MR) is 88.5 cm³/mol. The molecule has 0 saturated carbocycles. The first kappa shape index (κ1) is 15.7. The highest BCUT2D eigenvalue weighted by molar-refractivity contribution is 6.39. The molecule has 2 aromatic rings. The van der Waals surface area contributed by atoms with Crippen molar-refractivity contribution in [1.29, 1.82) is 0 Å². The Labute approximate surface area is 138 Å². The molecule has 0 unspecified atom stereocenters. The Hall–Kier alpha value is -0.670. The van der Waals surface area contributed by atoms with Crippen LogP contribution in [-0.2, 0) is 0 Å². The second kappa shape index (κ2) is 6.86. The van der Waals surface area contributed by atoms with E-state index < -0.39 is 0 Å². The summed E-state index contributed by atoms with van der Waals surface area (Å²) >= 11 is 24.5. The number of pyridine rings is 1. The van der Waals surface area contributed by atoms with Crippen LogP contribution in [0.3, 0.4) is 0 Å². The third kappa shape index (κ3) is 3.50. The van der Waals surface area contributed by atoms with Crippen molar-refractivity contribution in [3.8, 4) is 11.3 Å². The van der Waals surface area contributed by atoms with Gasteiger partial charge in [-0.15, -0.1) is 0 Å². The number of aromatic nitrogens is 1. The summed E-state index contributed by atoms with van der Waals surface area (Å²) in [4.78, 5) is 4.46. The Morgan fingerprint density at radius 3 is 2.45 bits per heavy atom. The van der Waals surface area contributed by atoms with Crippen molar-refractivity contribution in [2.24, 2.45) is 0 Å². The number of rotatable bonds is 4. The summed E-state index contributed by atoms with van der Waals surface area (Å²) < 4.78 is 0. The molecule has 0 bridgehead atoms. The van der Waals surface area contributed by atoms with Gasteiger partial charge in [-0.2, -0.15) is 0 Å². The van der Waals surface area contributed by atoms with Gasteiger partial charge >= 0.3 is 0 Å². The van der Waals surface area contributed by atoms with Gasteiger partial charge in [0.25, 0.3) is 0 Å². The van der Waals surface area contributed by atoms with Gasteiger partial charge in [0.2, 0.25) is 0 Å². The van der Waals surface area contributed by atoms with Crippen LogP contribution in [0.4, 0.5) is 5.82 Å². The molecule has 0 saturated heterocycles. The molecule has 106 valence electrons. The summed E-state index contributed by atoms with van der Waals surface area (Å²) in [5, 5.41) is 5.17. The molecule has 6 heteroatoms. The van der Waals surface area contributed by atoms with Crippen molar-refractivity contribution < 1.29 is 0 Å². The van der Waals surface area contributed by atoms with Crippen molar-refractivity contribution in [3.63, 3.8) is 0 Å². The van der Waals surface area contributed by atoms with Gasteiger partial charge in [-0.25, -0.2) is 4.98 Å². The summed E-state index contributed by atoms with van der Waals surface area (Å²) in [6.45, 7) is 2.84. The maximum Gasteiger partial charge on any atom is 0.145 e. The number of hydrogen-bond acceptors (Lipinski definition) is 2. The largest absolute Gasteiger partial charge is 0.369 e. The van der Waals surface area contributed by atoms with Crippen LogP contribution in [0, 0.1) is 0 Å². The van der Waals surface area contributed by atoms with Crippen LogP contribution in [0.2, 0.25) is 20.1 Å². The minimum absolute atomic E-state index is 0.432. The number of nitrogens with one attached hydrogen (secondary N) is 1. The Morgan fingerprint density at radius 1 is 1.00 bits per heavy atom. The van der Waals surface area contributed by atoms with E-state index in [1.165, 1.54) is 0 Å². The van der Waals surface area contributed by atoms with E-state index in [1.807, 2.05) is 0 Å². The topological polar surface area (TPSA) is 24.9 Å². The molecule has 2 nitrogen and oxygen atoms in total. The van der Waals surface area contributed by atoms with Crippen LogP contribution in [0.25, 0.3) is 11.3 Å². The van der Waals surface area contributed by atoms with E-state index >= 15 is 0 Å². The van der Waals surface area contributed by atoms with Crippen molar-refractivity contribution in [2.45, 2.75) is 13.3 Å². The van der Waals surface area contributed by atoms with Crippen molar-refractivity contribution >= 4 is 52.2 Å².